The smallest absolute Gasteiger partial charge is 0.363 e. The molecule has 1 heterocycles. The highest BCUT2D eigenvalue weighted by molar-refractivity contribution is 6.31. The van der Waals surface area contributed by atoms with Crippen molar-refractivity contribution in [2.45, 2.75) is 0 Å². The third kappa shape index (κ3) is 3.30. The standard InChI is InChI=1S/C17H10ClNO4/c18-13-3-1-2-12(9-13)15-19-14(17(22)23-15)8-10-4-6-11(7-5-10)16(20)21/h1-9H,(H,20,21)/p-1/b14-8-. The zero-order valence-electron chi connectivity index (χ0n) is 11.7. The number of carbonyl (C=O) groups is 2. The number of aliphatic imine (C=N–C) groups is 1. The normalized spacial score (nSPS) is 15.4. The lowest BCUT2D eigenvalue weighted by molar-refractivity contribution is -0.255. The number of carboxylic acids is 1. The summed E-state index contributed by atoms with van der Waals surface area (Å²) < 4.78 is 5.13. The summed E-state index contributed by atoms with van der Waals surface area (Å²) in [6, 6.07) is 12.7. The van der Waals surface area contributed by atoms with Gasteiger partial charge in [-0.25, -0.2) is 9.79 Å². The van der Waals surface area contributed by atoms with Crippen molar-refractivity contribution < 1.29 is 19.4 Å². The molecule has 0 spiro atoms. The van der Waals surface area contributed by atoms with E-state index in [1.54, 1.807) is 36.4 Å². The van der Waals surface area contributed by atoms with Gasteiger partial charge in [0, 0.05) is 10.6 Å². The molecule has 3 rings (SSSR count). The fraction of sp³-hybridized carbons (Fsp3) is 0. The average Bonchev–Trinajstić information content (AvgIpc) is 2.89. The molecule has 2 aromatic rings. The zero-order chi connectivity index (χ0) is 16.4. The van der Waals surface area contributed by atoms with Gasteiger partial charge in [-0.05, 0) is 35.4 Å². The molecule has 0 unspecified atom stereocenters. The van der Waals surface area contributed by atoms with E-state index < -0.39 is 11.9 Å². The minimum Gasteiger partial charge on any atom is -0.545 e. The topological polar surface area (TPSA) is 78.8 Å². The molecule has 0 aliphatic carbocycles. The van der Waals surface area contributed by atoms with Crippen LogP contribution in [-0.4, -0.2) is 17.8 Å². The van der Waals surface area contributed by atoms with Crippen LogP contribution in [0.25, 0.3) is 6.08 Å². The van der Waals surface area contributed by atoms with Crippen LogP contribution in [0.3, 0.4) is 0 Å². The van der Waals surface area contributed by atoms with Crippen molar-refractivity contribution in [3.63, 3.8) is 0 Å². The van der Waals surface area contributed by atoms with E-state index in [0.29, 0.717) is 16.1 Å². The quantitative estimate of drug-likeness (QED) is 0.638. The molecule has 0 bridgehead atoms. The van der Waals surface area contributed by atoms with E-state index in [2.05, 4.69) is 4.99 Å². The Labute approximate surface area is 136 Å². The summed E-state index contributed by atoms with van der Waals surface area (Å²) in [5.41, 5.74) is 1.41. The van der Waals surface area contributed by atoms with Crippen LogP contribution in [0.1, 0.15) is 21.5 Å². The molecule has 1 aliphatic rings. The molecule has 0 atom stereocenters. The van der Waals surface area contributed by atoms with Crippen LogP contribution < -0.4 is 5.11 Å². The van der Waals surface area contributed by atoms with E-state index in [4.69, 9.17) is 16.3 Å². The molecule has 0 radical (unpaired) electrons. The van der Waals surface area contributed by atoms with Crippen LogP contribution in [0, 0.1) is 0 Å². The Kier molecular flexibility index (Phi) is 3.95. The number of aromatic carboxylic acids is 1. The van der Waals surface area contributed by atoms with E-state index in [1.165, 1.54) is 18.2 Å². The lowest BCUT2D eigenvalue weighted by Crippen LogP contribution is -2.21. The Morgan fingerprint density at radius 2 is 1.91 bits per heavy atom. The van der Waals surface area contributed by atoms with Gasteiger partial charge >= 0.3 is 5.97 Å². The van der Waals surface area contributed by atoms with Crippen molar-refractivity contribution in [1.82, 2.24) is 0 Å². The Morgan fingerprint density at radius 3 is 2.57 bits per heavy atom. The van der Waals surface area contributed by atoms with Crippen molar-refractivity contribution in [1.29, 1.82) is 0 Å². The van der Waals surface area contributed by atoms with Gasteiger partial charge in [0.25, 0.3) is 0 Å². The van der Waals surface area contributed by atoms with E-state index in [-0.39, 0.29) is 17.2 Å². The Morgan fingerprint density at radius 1 is 1.17 bits per heavy atom. The summed E-state index contributed by atoms with van der Waals surface area (Å²) in [6.45, 7) is 0. The molecule has 6 heteroatoms. The number of cyclic esters (lactones) is 1. The highest BCUT2D eigenvalue weighted by Crippen LogP contribution is 2.21. The number of hydrogen-bond acceptors (Lipinski definition) is 5. The number of ether oxygens (including phenoxy) is 1. The number of rotatable bonds is 3. The fourth-order valence-electron chi connectivity index (χ4n) is 2.03. The van der Waals surface area contributed by atoms with Gasteiger partial charge in [-0.2, -0.15) is 0 Å². The molecule has 0 saturated heterocycles. The van der Waals surface area contributed by atoms with Crippen molar-refractivity contribution in [3.05, 3.63) is 75.9 Å². The van der Waals surface area contributed by atoms with Gasteiger partial charge in [0.05, 0.1) is 5.97 Å². The van der Waals surface area contributed by atoms with Gasteiger partial charge in [0.2, 0.25) is 5.90 Å². The SMILES string of the molecule is O=C1OC(c2cccc(Cl)c2)=N/C1=C\c1ccc(C(=O)[O-])cc1. The number of benzene rings is 2. The summed E-state index contributed by atoms with van der Waals surface area (Å²) in [5, 5.41) is 11.2. The van der Waals surface area contributed by atoms with E-state index >= 15 is 0 Å². The summed E-state index contributed by atoms with van der Waals surface area (Å²) in [5.74, 6) is -1.66. The van der Waals surface area contributed by atoms with E-state index in [1.807, 2.05) is 0 Å². The Balaban J connectivity index is 1.90. The first-order valence-electron chi connectivity index (χ1n) is 6.63. The molecule has 2 aromatic carbocycles. The number of hydrogen-bond donors (Lipinski definition) is 0. The van der Waals surface area contributed by atoms with Crippen LogP contribution in [0.4, 0.5) is 0 Å². The molecule has 0 N–H and O–H groups in total. The van der Waals surface area contributed by atoms with E-state index in [0.717, 1.165) is 0 Å². The first kappa shape index (κ1) is 15.0. The van der Waals surface area contributed by atoms with Gasteiger partial charge in [-0.3, -0.25) is 0 Å². The minimum atomic E-state index is -1.26. The predicted octanol–water partition coefficient (Wildman–Crippen LogP) is 2.05. The molecule has 0 fully saturated rings. The second-order valence-electron chi connectivity index (χ2n) is 4.76. The monoisotopic (exact) mass is 326 g/mol. The molecule has 1 aliphatic heterocycles. The summed E-state index contributed by atoms with van der Waals surface area (Å²) in [6.07, 6.45) is 1.51. The summed E-state index contributed by atoms with van der Waals surface area (Å²) in [4.78, 5) is 26.7. The minimum absolute atomic E-state index is 0.0595. The maximum atomic E-state index is 11.9. The second kappa shape index (κ2) is 6.06. The van der Waals surface area contributed by atoms with Crippen molar-refractivity contribution in [2.24, 2.45) is 4.99 Å². The molecule has 0 amide bonds. The molecular formula is C17H9ClNO4-. The molecule has 0 saturated carbocycles. The first-order valence-corrected chi connectivity index (χ1v) is 7.00. The van der Waals surface area contributed by atoms with Crippen LogP contribution >= 0.6 is 11.6 Å². The maximum Gasteiger partial charge on any atom is 0.363 e. The Bertz CT molecular complexity index is 853. The van der Waals surface area contributed by atoms with Crippen molar-refractivity contribution >= 4 is 35.5 Å². The summed E-state index contributed by atoms with van der Waals surface area (Å²) in [7, 11) is 0. The molecule has 23 heavy (non-hydrogen) atoms. The lowest BCUT2D eigenvalue weighted by Gasteiger charge is -2.01. The third-order valence-electron chi connectivity index (χ3n) is 3.14. The van der Waals surface area contributed by atoms with Crippen molar-refractivity contribution in [3.8, 4) is 0 Å². The fourth-order valence-corrected chi connectivity index (χ4v) is 2.22. The lowest BCUT2D eigenvalue weighted by atomic mass is 10.1. The highest BCUT2D eigenvalue weighted by Gasteiger charge is 2.24. The molecule has 0 aromatic heterocycles. The largest absolute Gasteiger partial charge is 0.545 e. The van der Waals surface area contributed by atoms with Gasteiger partial charge in [0.1, 0.15) is 0 Å². The Hall–Kier alpha value is -2.92. The first-order chi connectivity index (χ1) is 11.0. The van der Waals surface area contributed by atoms with Crippen LogP contribution in [0.5, 0.6) is 0 Å². The van der Waals surface area contributed by atoms with Gasteiger partial charge in [-0.1, -0.05) is 41.9 Å². The highest BCUT2D eigenvalue weighted by atomic mass is 35.5. The van der Waals surface area contributed by atoms with Crippen LogP contribution in [0.15, 0.2) is 59.2 Å². The molecule has 114 valence electrons. The molecule has 5 nitrogen and oxygen atoms in total. The zero-order valence-corrected chi connectivity index (χ0v) is 12.4. The van der Waals surface area contributed by atoms with Gasteiger partial charge in [-0.15, -0.1) is 0 Å². The van der Waals surface area contributed by atoms with Gasteiger partial charge < -0.3 is 14.6 Å². The maximum absolute atomic E-state index is 11.9. The van der Waals surface area contributed by atoms with Crippen LogP contribution in [0.2, 0.25) is 5.02 Å². The number of nitrogens with zero attached hydrogens (tertiary/aromatic N) is 1. The second-order valence-corrected chi connectivity index (χ2v) is 5.19. The summed E-state index contributed by atoms with van der Waals surface area (Å²) >= 11 is 5.90. The number of carbonyl (C=O) groups excluding carboxylic acids is 2. The third-order valence-corrected chi connectivity index (χ3v) is 3.38. The van der Waals surface area contributed by atoms with Crippen molar-refractivity contribution in [2.75, 3.05) is 0 Å². The predicted molar refractivity (Wildman–Crippen MR) is 82.8 cm³/mol. The van der Waals surface area contributed by atoms with E-state index in [9.17, 15) is 14.7 Å². The van der Waals surface area contributed by atoms with Gasteiger partial charge in [0.15, 0.2) is 5.70 Å². The number of carboxylic acid groups (broad SMARTS) is 1. The number of halogens is 1. The average molecular weight is 327 g/mol. The number of esters is 1. The van der Waals surface area contributed by atoms with Crippen LogP contribution in [-0.2, 0) is 9.53 Å². The molecular weight excluding hydrogens is 318 g/mol.